The molecule has 0 fully saturated rings. The predicted octanol–water partition coefficient (Wildman–Crippen LogP) is 0.163. The van der Waals surface area contributed by atoms with Crippen molar-refractivity contribution in [2.24, 2.45) is 7.05 Å². The second kappa shape index (κ2) is 3.06. The average Bonchev–Trinajstić information content (AvgIpc) is 2.57. The van der Waals surface area contributed by atoms with Gasteiger partial charge in [0.25, 0.3) is 0 Å². The zero-order valence-corrected chi connectivity index (χ0v) is 7.97. The van der Waals surface area contributed by atoms with Gasteiger partial charge in [-0.25, -0.2) is 14.6 Å². The van der Waals surface area contributed by atoms with Gasteiger partial charge in [0.15, 0.2) is 0 Å². The van der Waals surface area contributed by atoms with E-state index >= 15 is 0 Å². The highest BCUT2D eigenvalue weighted by Gasteiger charge is 2.10. The zero-order valence-electron chi connectivity index (χ0n) is 7.97. The number of aromatic nitrogens is 5. The number of rotatable bonds is 1. The molecule has 6 nitrogen and oxygen atoms in total. The molecule has 0 atom stereocenters. The number of hydrogen-bond acceptors (Lipinski definition) is 5. The molecule has 0 aliphatic carbocycles. The van der Waals surface area contributed by atoms with E-state index in [1.54, 1.807) is 17.9 Å². The van der Waals surface area contributed by atoms with Gasteiger partial charge in [-0.1, -0.05) is 5.21 Å². The number of nitrogen functional groups attached to an aromatic ring is 1. The molecule has 0 amide bonds. The molecule has 72 valence electrons. The number of aryl methyl sites for hydroxylation is 1. The van der Waals surface area contributed by atoms with Gasteiger partial charge < -0.3 is 5.73 Å². The van der Waals surface area contributed by atoms with Crippen molar-refractivity contribution in [2.45, 2.75) is 6.92 Å². The van der Waals surface area contributed by atoms with Crippen molar-refractivity contribution in [2.75, 3.05) is 5.73 Å². The highest BCUT2D eigenvalue weighted by molar-refractivity contribution is 5.62. The minimum atomic E-state index is 0.483. The van der Waals surface area contributed by atoms with E-state index in [9.17, 15) is 0 Å². The lowest BCUT2D eigenvalue weighted by Crippen LogP contribution is -2.01. The molecule has 0 radical (unpaired) electrons. The Hall–Kier alpha value is -1.98. The first-order valence-electron chi connectivity index (χ1n) is 4.12. The quantitative estimate of drug-likeness (QED) is 0.692. The van der Waals surface area contributed by atoms with Crippen LogP contribution in [0.5, 0.6) is 0 Å². The molecular weight excluding hydrogens is 180 g/mol. The van der Waals surface area contributed by atoms with E-state index in [1.807, 2.05) is 6.92 Å². The Morgan fingerprint density at radius 1 is 1.36 bits per heavy atom. The Labute approximate surface area is 80.8 Å². The molecule has 0 unspecified atom stereocenters. The smallest absolute Gasteiger partial charge is 0.130 e. The Morgan fingerprint density at radius 2 is 2.14 bits per heavy atom. The molecule has 0 aliphatic rings. The fraction of sp³-hybridized carbons (Fsp3) is 0.250. The highest BCUT2D eigenvalue weighted by Crippen LogP contribution is 2.21. The number of anilines is 1. The Balaban J connectivity index is 2.63. The highest BCUT2D eigenvalue weighted by atomic mass is 15.4. The van der Waals surface area contributed by atoms with Gasteiger partial charge in [0.1, 0.15) is 17.8 Å². The molecule has 6 heteroatoms. The SMILES string of the molecule is Cc1c(N)ncnc1-c1cnnn1C. The van der Waals surface area contributed by atoms with Crippen LogP contribution in [0.1, 0.15) is 5.56 Å². The minimum absolute atomic E-state index is 0.483. The molecule has 0 aliphatic heterocycles. The summed E-state index contributed by atoms with van der Waals surface area (Å²) in [5.41, 5.74) is 8.12. The maximum absolute atomic E-state index is 5.68. The van der Waals surface area contributed by atoms with Crippen LogP contribution in [0.15, 0.2) is 12.5 Å². The number of nitrogens with zero attached hydrogens (tertiary/aromatic N) is 5. The predicted molar refractivity (Wildman–Crippen MR) is 51.2 cm³/mol. The van der Waals surface area contributed by atoms with Crippen LogP contribution in [0.4, 0.5) is 5.82 Å². The lowest BCUT2D eigenvalue weighted by molar-refractivity contribution is 0.718. The number of hydrogen-bond donors (Lipinski definition) is 1. The van der Waals surface area contributed by atoms with Crippen LogP contribution in [0.3, 0.4) is 0 Å². The van der Waals surface area contributed by atoms with Gasteiger partial charge in [-0.05, 0) is 6.92 Å². The molecule has 0 saturated heterocycles. The van der Waals surface area contributed by atoms with Crippen molar-refractivity contribution in [3.63, 3.8) is 0 Å². The lowest BCUT2D eigenvalue weighted by Gasteiger charge is -2.04. The van der Waals surface area contributed by atoms with Crippen molar-refractivity contribution in [3.05, 3.63) is 18.1 Å². The lowest BCUT2D eigenvalue weighted by atomic mass is 10.2. The first-order valence-corrected chi connectivity index (χ1v) is 4.12. The topological polar surface area (TPSA) is 82.5 Å². The van der Waals surface area contributed by atoms with Crippen LogP contribution < -0.4 is 5.73 Å². The molecule has 14 heavy (non-hydrogen) atoms. The van der Waals surface area contributed by atoms with Crippen LogP contribution in [0, 0.1) is 6.92 Å². The molecular formula is C8H10N6. The van der Waals surface area contributed by atoms with Gasteiger partial charge in [-0.3, -0.25) is 0 Å². The summed E-state index contributed by atoms with van der Waals surface area (Å²) in [5.74, 6) is 0.483. The normalized spacial score (nSPS) is 10.4. The average molecular weight is 190 g/mol. The summed E-state index contributed by atoms with van der Waals surface area (Å²) in [4.78, 5) is 8.05. The Bertz CT molecular complexity index is 461. The molecule has 2 N–H and O–H groups in total. The fourth-order valence-electron chi connectivity index (χ4n) is 1.23. The summed E-state index contributed by atoms with van der Waals surface area (Å²) in [6, 6.07) is 0. The van der Waals surface area contributed by atoms with Crippen LogP contribution in [0.25, 0.3) is 11.4 Å². The summed E-state index contributed by atoms with van der Waals surface area (Å²) in [5, 5.41) is 7.61. The van der Waals surface area contributed by atoms with Gasteiger partial charge in [-0.2, -0.15) is 0 Å². The van der Waals surface area contributed by atoms with Crippen molar-refractivity contribution >= 4 is 5.82 Å². The largest absolute Gasteiger partial charge is 0.383 e. The molecule has 0 bridgehead atoms. The minimum Gasteiger partial charge on any atom is -0.383 e. The first kappa shape index (κ1) is 8.61. The molecule has 0 spiro atoms. The second-order valence-corrected chi connectivity index (χ2v) is 2.98. The third kappa shape index (κ3) is 1.20. The third-order valence-corrected chi connectivity index (χ3v) is 2.08. The molecule has 2 rings (SSSR count). The van der Waals surface area contributed by atoms with E-state index < -0.39 is 0 Å². The molecule has 2 aromatic rings. The monoisotopic (exact) mass is 190 g/mol. The maximum atomic E-state index is 5.68. The summed E-state index contributed by atoms with van der Waals surface area (Å²) in [6.45, 7) is 1.87. The van der Waals surface area contributed by atoms with Crippen molar-refractivity contribution in [1.29, 1.82) is 0 Å². The van der Waals surface area contributed by atoms with E-state index in [4.69, 9.17) is 5.73 Å². The Morgan fingerprint density at radius 3 is 2.79 bits per heavy atom. The van der Waals surface area contributed by atoms with Gasteiger partial charge in [0, 0.05) is 12.6 Å². The van der Waals surface area contributed by atoms with Crippen molar-refractivity contribution in [1.82, 2.24) is 25.0 Å². The van der Waals surface area contributed by atoms with Gasteiger partial charge >= 0.3 is 0 Å². The molecule has 2 heterocycles. The van der Waals surface area contributed by atoms with Crippen LogP contribution in [-0.4, -0.2) is 25.0 Å². The van der Waals surface area contributed by atoms with E-state index in [-0.39, 0.29) is 0 Å². The summed E-state index contributed by atoms with van der Waals surface area (Å²) in [6.07, 6.45) is 3.08. The van der Waals surface area contributed by atoms with Gasteiger partial charge in [0.05, 0.1) is 11.9 Å². The van der Waals surface area contributed by atoms with E-state index in [0.29, 0.717) is 5.82 Å². The molecule has 0 saturated carbocycles. The fourth-order valence-corrected chi connectivity index (χ4v) is 1.23. The van der Waals surface area contributed by atoms with Crippen molar-refractivity contribution < 1.29 is 0 Å². The van der Waals surface area contributed by atoms with Gasteiger partial charge in [-0.15, -0.1) is 5.10 Å². The maximum Gasteiger partial charge on any atom is 0.130 e. The van der Waals surface area contributed by atoms with Crippen LogP contribution >= 0.6 is 0 Å². The van der Waals surface area contributed by atoms with Crippen LogP contribution in [0.2, 0.25) is 0 Å². The second-order valence-electron chi connectivity index (χ2n) is 2.98. The first-order chi connectivity index (χ1) is 6.70. The Kier molecular flexibility index (Phi) is 1.88. The molecule has 2 aromatic heterocycles. The van der Waals surface area contributed by atoms with E-state index in [1.165, 1.54) is 6.33 Å². The summed E-state index contributed by atoms with van der Waals surface area (Å²) in [7, 11) is 1.81. The van der Waals surface area contributed by atoms with Crippen molar-refractivity contribution in [3.8, 4) is 11.4 Å². The van der Waals surface area contributed by atoms with Gasteiger partial charge in [0.2, 0.25) is 0 Å². The standard InChI is InChI=1S/C8H10N6/c1-5-7(10-4-11-8(5)9)6-3-12-13-14(6)2/h3-4H,1-2H3,(H2,9,10,11). The zero-order chi connectivity index (χ0) is 10.1. The van der Waals surface area contributed by atoms with Crippen LogP contribution in [-0.2, 0) is 7.05 Å². The third-order valence-electron chi connectivity index (χ3n) is 2.08. The summed E-state index contributed by atoms with van der Waals surface area (Å²) < 4.78 is 1.65. The molecule has 0 aromatic carbocycles. The van der Waals surface area contributed by atoms with E-state index in [0.717, 1.165) is 17.0 Å². The summed E-state index contributed by atoms with van der Waals surface area (Å²) >= 11 is 0. The number of nitrogens with two attached hydrogens (primary N) is 1. The van der Waals surface area contributed by atoms with E-state index in [2.05, 4.69) is 20.3 Å².